The van der Waals surface area contributed by atoms with Crippen LogP contribution in [0, 0.1) is 0 Å². The quantitative estimate of drug-likeness (QED) is 0.410. The Kier molecular flexibility index (Phi) is 4.02. The minimum absolute atomic E-state index is 0.0531. The molecular weight excluding hydrogens is 208 g/mol. The summed E-state index contributed by atoms with van der Waals surface area (Å²) in [4.78, 5) is 0. The van der Waals surface area contributed by atoms with Crippen molar-refractivity contribution in [2.24, 2.45) is 10.3 Å². The SMILES string of the molecule is C/C(CC(O)(/C=N\O)c1ccccc1)=N\O. The Bertz CT molecular complexity index is 389. The average Bonchev–Trinajstić information content (AvgIpc) is 2.30. The zero-order valence-electron chi connectivity index (χ0n) is 8.91. The Hall–Kier alpha value is -1.88. The molecule has 1 aromatic carbocycles. The molecule has 16 heavy (non-hydrogen) atoms. The van der Waals surface area contributed by atoms with Crippen LogP contribution in [0.1, 0.15) is 18.9 Å². The van der Waals surface area contributed by atoms with E-state index < -0.39 is 5.60 Å². The topological polar surface area (TPSA) is 85.4 Å². The fourth-order valence-corrected chi connectivity index (χ4v) is 1.47. The lowest BCUT2D eigenvalue weighted by molar-refractivity contribution is 0.119. The third-order valence-corrected chi connectivity index (χ3v) is 2.24. The van der Waals surface area contributed by atoms with Crippen LogP contribution in [-0.2, 0) is 5.60 Å². The number of hydrogen-bond acceptors (Lipinski definition) is 5. The Morgan fingerprint density at radius 3 is 2.44 bits per heavy atom. The van der Waals surface area contributed by atoms with Crippen LogP contribution >= 0.6 is 0 Å². The molecule has 3 N–H and O–H groups in total. The minimum Gasteiger partial charge on any atom is -0.411 e. The van der Waals surface area contributed by atoms with Crippen molar-refractivity contribution in [3.05, 3.63) is 35.9 Å². The van der Waals surface area contributed by atoms with Crippen molar-refractivity contribution in [3.8, 4) is 0 Å². The van der Waals surface area contributed by atoms with Gasteiger partial charge in [0.2, 0.25) is 0 Å². The second-order valence-corrected chi connectivity index (χ2v) is 3.55. The van der Waals surface area contributed by atoms with Crippen LogP contribution in [0.2, 0.25) is 0 Å². The first-order chi connectivity index (χ1) is 7.62. The molecule has 0 heterocycles. The van der Waals surface area contributed by atoms with Crippen LogP contribution in [0.3, 0.4) is 0 Å². The van der Waals surface area contributed by atoms with Gasteiger partial charge in [0.05, 0.1) is 11.9 Å². The summed E-state index contributed by atoms with van der Waals surface area (Å²) < 4.78 is 0. The lowest BCUT2D eigenvalue weighted by Gasteiger charge is -2.23. The molecule has 0 aromatic heterocycles. The molecule has 0 spiro atoms. The van der Waals surface area contributed by atoms with Crippen molar-refractivity contribution >= 4 is 11.9 Å². The molecule has 0 fully saturated rings. The molecule has 0 saturated carbocycles. The Balaban J connectivity index is 3.07. The van der Waals surface area contributed by atoms with Gasteiger partial charge in [-0.05, 0) is 12.5 Å². The highest BCUT2D eigenvalue weighted by Crippen LogP contribution is 2.23. The monoisotopic (exact) mass is 222 g/mol. The molecular formula is C11H14N2O3. The Labute approximate surface area is 93.3 Å². The van der Waals surface area contributed by atoms with Gasteiger partial charge in [0.15, 0.2) is 0 Å². The summed E-state index contributed by atoms with van der Waals surface area (Å²) in [5, 5.41) is 33.3. The zero-order valence-corrected chi connectivity index (χ0v) is 8.91. The number of aliphatic hydroxyl groups is 1. The summed E-state index contributed by atoms with van der Waals surface area (Å²) in [6.45, 7) is 1.57. The first-order valence-electron chi connectivity index (χ1n) is 4.76. The van der Waals surface area contributed by atoms with Gasteiger partial charge in [-0.3, -0.25) is 0 Å². The van der Waals surface area contributed by atoms with Gasteiger partial charge in [0, 0.05) is 6.42 Å². The van der Waals surface area contributed by atoms with Gasteiger partial charge >= 0.3 is 0 Å². The number of oxime groups is 2. The Morgan fingerprint density at radius 2 is 1.94 bits per heavy atom. The molecule has 0 aliphatic rings. The van der Waals surface area contributed by atoms with Crippen LogP contribution in [0.5, 0.6) is 0 Å². The molecule has 5 heteroatoms. The standard InChI is InChI=1S/C11H14N2O3/c1-9(13-16)7-11(14,8-12-15)10-5-3-2-4-6-10/h2-6,8,14-16H,7H2,1H3/b12-8-,13-9+. The van der Waals surface area contributed by atoms with E-state index in [0.29, 0.717) is 11.3 Å². The van der Waals surface area contributed by atoms with Gasteiger partial charge in [-0.25, -0.2) is 0 Å². The molecule has 0 aliphatic carbocycles. The van der Waals surface area contributed by atoms with Gasteiger partial charge in [0.1, 0.15) is 5.60 Å². The van der Waals surface area contributed by atoms with Gasteiger partial charge < -0.3 is 15.5 Å². The molecule has 1 aromatic rings. The van der Waals surface area contributed by atoms with Crippen molar-refractivity contribution in [2.75, 3.05) is 0 Å². The van der Waals surface area contributed by atoms with Crippen molar-refractivity contribution in [1.82, 2.24) is 0 Å². The van der Waals surface area contributed by atoms with Crippen molar-refractivity contribution in [1.29, 1.82) is 0 Å². The summed E-state index contributed by atoms with van der Waals surface area (Å²) >= 11 is 0. The number of hydrogen-bond donors (Lipinski definition) is 3. The van der Waals surface area contributed by atoms with Crippen molar-refractivity contribution in [3.63, 3.8) is 0 Å². The molecule has 0 saturated heterocycles. The highest BCUT2D eigenvalue weighted by molar-refractivity contribution is 5.87. The smallest absolute Gasteiger partial charge is 0.133 e. The summed E-state index contributed by atoms with van der Waals surface area (Å²) in [6.07, 6.45) is 1.06. The normalized spacial score (nSPS) is 16.2. The van der Waals surface area contributed by atoms with Crippen LogP contribution < -0.4 is 0 Å². The number of benzene rings is 1. The predicted molar refractivity (Wildman–Crippen MR) is 60.1 cm³/mol. The van der Waals surface area contributed by atoms with Crippen LogP contribution in [0.4, 0.5) is 0 Å². The van der Waals surface area contributed by atoms with E-state index in [2.05, 4.69) is 10.3 Å². The number of nitrogens with zero attached hydrogens (tertiary/aromatic N) is 2. The van der Waals surface area contributed by atoms with Gasteiger partial charge in [-0.2, -0.15) is 0 Å². The average molecular weight is 222 g/mol. The summed E-state index contributed by atoms with van der Waals surface area (Å²) in [6, 6.07) is 8.74. The van der Waals surface area contributed by atoms with Crippen LogP contribution in [-0.4, -0.2) is 27.4 Å². The third-order valence-electron chi connectivity index (χ3n) is 2.24. The Morgan fingerprint density at radius 1 is 1.31 bits per heavy atom. The predicted octanol–water partition coefficient (Wildman–Crippen LogP) is 1.57. The lowest BCUT2D eigenvalue weighted by atomic mass is 9.90. The van der Waals surface area contributed by atoms with E-state index >= 15 is 0 Å². The maximum Gasteiger partial charge on any atom is 0.133 e. The molecule has 5 nitrogen and oxygen atoms in total. The zero-order chi connectivity index (χ0) is 12.0. The molecule has 1 atom stereocenters. The molecule has 0 bridgehead atoms. The summed E-state index contributed by atoms with van der Waals surface area (Å²) in [5.74, 6) is 0. The highest BCUT2D eigenvalue weighted by atomic mass is 16.4. The minimum atomic E-state index is -1.47. The van der Waals surface area contributed by atoms with Crippen LogP contribution in [0.15, 0.2) is 40.6 Å². The van der Waals surface area contributed by atoms with E-state index in [-0.39, 0.29) is 6.42 Å². The maximum absolute atomic E-state index is 10.3. The lowest BCUT2D eigenvalue weighted by Crippen LogP contribution is -2.30. The van der Waals surface area contributed by atoms with E-state index in [4.69, 9.17) is 10.4 Å². The maximum atomic E-state index is 10.3. The highest BCUT2D eigenvalue weighted by Gasteiger charge is 2.28. The first-order valence-corrected chi connectivity index (χ1v) is 4.76. The molecule has 0 radical (unpaired) electrons. The van der Waals surface area contributed by atoms with Gasteiger partial charge in [0.25, 0.3) is 0 Å². The third kappa shape index (κ3) is 2.80. The van der Waals surface area contributed by atoms with E-state index in [0.717, 1.165) is 6.21 Å². The summed E-state index contributed by atoms with van der Waals surface area (Å²) in [5.41, 5.74) is -0.561. The fraction of sp³-hybridized carbons (Fsp3) is 0.273. The second-order valence-electron chi connectivity index (χ2n) is 3.55. The van der Waals surface area contributed by atoms with Crippen molar-refractivity contribution < 1.29 is 15.5 Å². The van der Waals surface area contributed by atoms with E-state index in [9.17, 15) is 5.11 Å². The molecule has 0 aliphatic heterocycles. The fourth-order valence-electron chi connectivity index (χ4n) is 1.47. The summed E-state index contributed by atoms with van der Waals surface area (Å²) in [7, 11) is 0. The molecule has 1 rings (SSSR count). The van der Waals surface area contributed by atoms with E-state index in [1.54, 1.807) is 31.2 Å². The molecule has 0 amide bonds. The molecule has 1 unspecified atom stereocenters. The van der Waals surface area contributed by atoms with Gasteiger partial charge in [-0.15, -0.1) is 0 Å². The van der Waals surface area contributed by atoms with Crippen molar-refractivity contribution in [2.45, 2.75) is 18.9 Å². The second kappa shape index (κ2) is 5.27. The number of rotatable bonds is 4. The first kappa shape index (κ1) is 12.2. The van der Waals surface area contributed by atoms with E-state index in [1.807, 2.05) is 6.07 Å². The van der Waals surface area contributed by atoms with Crippen LogP contribution in [0.25, 0.3) is 0 Å². The van der Waals surface area contributed by atoms with E-state index in [1.165, 1.54) is 0 Å². The molecule has 86 valence electrons. The largest absolute Gasteiger partial charge is 0.411 e. The van der Waals surface area contributed by atoms with Gasteiger partial charge in [-0.1, -0.05) is 40.6 Å².